The molecule has 3 rings (SSSR count). The number of Topliss-reactive ketones (excluding diaryl/α,β-unsaturated/α-hetero) is 1. The van der Waals surface area contributed by atoms with Gasteiger partial charge in [-0.2, -0.15) is 0 Å². The molecule has 106 valence electrons. The van der Waals surface area contributed by atoms with Crippen molar-refractivity contribution in [3.05, 3.63) is 64.7 Å². The summed E-state index contributed by atoms with van der Waals surface area (Å²) < 4.78 is 5.37. The van der Waals surface area contributed by atoms with Gasteiger partial charge in [-0.25, -0.2) is 0 Å². The Morgan fingerprint density at radius 1 is 1.24 bits per heavy atom. The van der Waals surface area contributed by atoms with Crippen LogP contribution in [0.1, 0.15) is 28.4 Å². The molecule has 0 saturated carbocycles. The van der Waals surface area contributed by atoms with Crippen LogP contribution in [0.4, 0.5) is 0 Å². The summed E-state index contributed by atoms with van der Waals surface area (Å²) in [4.78, 5) is 12.3. The van der Waals surface area contributed by atoms with Crippen LogP contribution in [-0.2, 0) is 6.42 Å². The fraction of sp³-hybridized carbons (Fsp3) is 0.167. The molecule has 1 N–H and O–H groups in total. The number of allylic oxidation sites excluding steroid dienone is 1. The molecule has 2 aromatic rings. The van der Waals surface area contributed by atoms with Crippen LogP contribution < -0.4 is 4.74 Å². The lowest BCUT2D eigenvalue weighted by Crippen LogP contribution is -1.95. The highest BCUT2D eigenvalue weighted by atomic mass is 16.5. The van der Waals surface area contributed by atoms with E-state index in [-0.39, 0.29) is 11.5 Å². The number of ether oxygens (including phenoxy) is 1. The van der Waals surface area contributed by atoms with Gasteiger partial charge in [-0.1, -0.05) is 30.3 Å². The number of benzene rings is 2. The summed E-state index contributed by atoms with van der Waals surface area (Å²) in [5.41, 5.74) is 3.47. The number of hydrogen-bond acceptors (Lipinski definition) is 3. The van der Waals surface area contributed by atoms with Crippen LogP contribution in [0.3, 0.4) is 0 Å². The normalized spacial score (nSPS) is 15.3. The second kappa shape index (κ2) is 5.44. The Kier molecular flexibility index (Phi) is 3.48. The Bertz CT molecular complexity index is 729. The summed E-state index contributed by atoms with van der Waals surface area (Å²) in [6.07, 6.45) is 2.52. The number of phenols is 1. The van der Waals surface area contributed by atoms with Gasteiger partial charge in [0.1, 0.15) is 0 Å². The number of carbonyl (C=O) groups excluding carboxylic acids is 1. The molecular weight excluding hydrogens is 264 g/mol. The Morgan fingerprint density at radius 2 is 2.05 bits per heavy atom. The van der Waals surface area contributed by atoms with E-state index in [0.29, 0.717) is 18.8 Å². The van der Waals surface area contributed by atoms with E-state index in [0.717, 1.165) is 22.3 Å². The monoisotopic (exact) mass is 280 g/mol. The molecule has 21 heavy (non-hydrogen) atoms. The van der Waals surface area contributed by atoms with Crippen molar-refractivity contribution in [2.24, 2.45) is 0 Å². The number of carbonyl (C=O) groups is 1. The third-order valence-corrected chi connectivity index (χ3v) is 3.56. The Labute approximate surface area is 123 Å². The van der Waals surface area contributed by atoms with Crippen LogP contribution in [0, 0.1) is 0 Å². The van der Waals surface area contributed by atoms with Crippen LogP contribution in [0.15, 0.2) is 48.0 Å². The predicted octanol–water partition coefficient (Wildman–Crippen LogP) is 3.61. The zero-order chi connectivity index (χ0) is 14.8. The third kappa shape index (κ3) is 2.55. The topological polar surface area (TPSA) is 46.5 Å². The SMILES string of the molecule is CCOc1cc(/C=C2\Cc3ccccc3C2=O)ccc1O. The minimum Gasteiger partial charge on any atom is -0.504 e. The molecule has 0 radical (unpaired) electrons. The lowest BCUT2D eigenvalue weighted by Gasteiger charge is -2.06. The van der Waals surface area contributed by atoms with E-state index < -0.39 is 0 Å². The Morgan fingerprint density at radius 3 is 2.81 bits per heavy atom. The summed E-state index contributed by atoms with van der Waals surface area (Å²) >= 11 is 0. The molecule has 0 atom stereocenters. The maximum Gasteiger partial charge on any atom is 0.189 e. The van der Waals surface area contributed by atoms with Crippen molar-refractivity contribution in [3.8, 4) is 11.5 Å². The van der Waals surface area contributed by atoms with Crippen molar-refractivity contribution in [3.63, 3.8) is 0 Å². The second-order valence-corrected chi connectivity index (χ2v) is 4.99. The molecule has 0 aromatic heterocycles. The highest BCUT2D eigenvalue weighted by Gasteiger charge is 2.23. The van der Waals surface area contributed by atoms with Crippen molar-refractivity contribution >= 4 is 11.9 Å². The minimum absolute atomic E-state index is 0.0802. The summed E-state index contributed by atoms with van der Waals surface area (Å²) in [5.74, 6) is 0.631. The molecule has 3 nitrogen and oxygen atoms in total. The van der Waals surface area contributed by atoms with E-state index in [1.54, 1.807) is 18.2 Å². The van der Waals surface area contributed by atoms with Crippen LogP contribution >= 0.6 is 0 Å². The molecule has 0 spiro atoms. The fourth-order valence-electron chi connectivity index (χ4n) is 2.56. The van der Waals surface area contributed by atoms with Gasteiger partial charge < -0.3 is 9.84 Å². The fourth-order valence-corrected chi connectivity index (χ4v) is 2.56. The summed E-state index contributed by atoms with van der Waals surface area (Å²) in [7, 11) is 0. The first-order valence-corrected chi connectivity index (χ1v) is 6.98. The molecule has 0 aliphatic heterocycles. The molecule has 1 aliphatic carbocycles. The van der Waals surface area contributed by atoms with Gasteiger partial charge in [0.2, 0.25) is 0 Å². The molecule has 0 amide bonds. The van der Waals surface area contributed by atoms with E-state index in [2.05, 4.69) is 0 Å². The van der Waals surface area contributed by atoms with Gasteiger partial charge in [-0.15, -0.1) is 0 Å². The number of rotatable bonds is 3. The molecular formula is C18H16O3. The largest absolute Gasteiger partial charge is 0.504 e. The Balaban J connectivity index is 1.94. The highest BCUT2D eigenvalue weighted by Crippen LogP contribution is 2.31. The summed E-state index contributed by atoms with van der Waals surface area (Å²) in [6, 6.07) is 12.8. The first kappa shape index (κ1) is 13.4. The zero-order valence-corrected chi connectivity index (χ0v) is 11.8. The standard InChI is InChI=1S/C18H16O3/c1-2-21-17-10-12(7-8-16(17)19)9-14-11-13-5-3-4-6-15(13)18(14)20/h3-10,19H,2,11H2,1H3/b14-9+. The number of ketones is 1. The first-order chi connectivity index (χ1) is 10.2. The minimum atomic E-state index is 0.0802. The van der Waals surface area contributed by atoms with Gasteiger partial charge in [0.15, 0.2) is 17.3 Å². The van der Waals surface area contributed by atoms with Crippen molar-refractivity contribution in [1.29, 1.82) is 0 Å². The summed E-state index contributed by atoms with van der Waals surface area (Å²) in [6.45, 7) is 2.35. The van der Waals surface area contributed by atoms with Crippen LogP contribution in [-0.4, -0.2) is 17.5 Å². The average molecular weight is 280 g/mol. The van der Waals surface area contributed by atoms with Gasteiger partial charge in [0.05, 0.1) is 6.61 Å². The van der Waals surface area contributed by atoms with Crippen molar-refractivity contribution in [1.82, 2.24) is 0 Å². The van der Waals surface area contributed by atoms with E-state index in [4.69, 9.17) is 4.74 Å². The summed E-state index contributed by atoms with van der Waals surface area (Å²) in [5, 5.41) is 9.71. The highest BCUT2D eigenvalue weighted by molar-refractivity contribution is 6.15. The van der Waals surface area contributed by atoms with Crippen LogP contribution in [0.5, 0.6) is 11.5 Å². The molecule has 2 aromatic carbocycles. The second-order valence-electron chi connectivity index (χ2n) is 4.99. The van der Waals surface area contributed by atoms with Crippen molar-refractivity contribution in [2.45, 2.75) is 13.3 Å². The maximum atomic E-state index is 12.3. The van der Waals surface area contributed by atoms with Crippen molar-refractivity contribution < 1.29 is 14.6 Å². The molecule has 1 aliphatic rings. The molecule has 3 heteroatoms. The molecule has 0 unspecified atom stereocenters. The van der Waals surface area contributed by atoms with Gasteiger partial charge in [0, 0.05) is 17.6 Å². The van der Waals surface area contributed by atoms with E-state index in [1.165, 1.54) is 0 Å². The molecule has 0 heterocycles. The van der Waals surface area contributed by atoms with Crippen LogP contribution in [0.2, 0.25) is 0 Å². The third-order valence-electron chi connectivity index (χ3n) is 3.56. The Hall–Kier alpha value is -2.55. The van der Waals surface area contributed by atoms with Gasteiger partial charge in [-0.05, 0) is 36.3 Å². The van der Waals surface area contributed by atoms with Gasteiger partial charge >= 0.3 is 0 Å². The maximum absolute atomic E-state index is 12.3. The number of phenolic OH excluding ortho intramolecular Hbond substituents is 1. The van der Waals surface area contributed by atoms with Crippen molar-refractivity contribution in [2.75, 3.05) is 6.61 Å². The predicted molar refractivity (Wildman–Crippen MR) is 81.7 cm³/mol. The number of aromatic hydroxyl groups is 1. The van der Waals surface area contributed by atoms with Crippen LogP contribution in [0.25, 0.3) is 6.08 Å². The van der Waals surface area contributed by atoms with E-state index in [1.807, 2.05) is 37.3 Å². The smallest absolute Gasteiger partial charge is 0.189 e. The number of fused-ring (bicyclic) bond motifs is 1. The van der Waals surface area contributed by atoms with E-state index >= 15 is 0 Å². The lowest BCUT2D eigenvalue weighted by atomic mass is 10.1. The van der Waals surface area contributed by atoms with Gasteiger partial charge in [-0.3, -0.25) is 4.79 Å². The van der Waals surface area contributed by atoms with E-state index in [9.17, 15) is 9.90 Å². The lowest BCUT2D eigenvalue weighted by molar-refractivity contribution is 0.104. The molecule has 0 saturated heterocycles. The number of hydrogen-bond donors (Lipinski definition) is 1. The average Bonchev–Trinajstić information content (AvgIpc) is 2.80. The van der Waals surface area contributed by atoms with Gasteiger partial charge in [0.25, 0.3) is 0 Å². The zero-order valence-electron chi connectivity index (χ0n) is 11.8. The molecule has 0 bridgehead atoms. The first-order valence-electron chi connectivity index (χ1n) is 6.98. The molecule has 0 fully saturated rings. The quantitative estimate of drug-likeness (QED) is 0.874.